The fraction of sp³-hybridized carbons (Fsp3) is 0.522. The second-order valence-corrected chi connectivity index (χ2v) is 9.09. The first-order chi connectivity index (χ1) is 14.3. The lowest BCUT2D eigenvalue weighted by molar-refractivity contribution is -0.149. The highest BCUT2D eigenvalue weighted by molar-refractivity contribution is 5.94. The zero-order chi connectivity index (χ0) is 21.2. The number of likely N-dealkylation sites (N-methyl/N-ethyl adjacent to an activating group) is 1. The van der Waals surface area contributed by atoms with Crippen LogP contribution in [-0.4, -0.2) is 77.4 Å². The van der Waals surface area contributed by atoms with E-state index >= 15 is 0 Å². The van der Waals surface area contributed by atoms with Crippen LogP contribution in [0.3, 0.4) is 0 Å². The summed E-state index contributed by atoms with van der Waals surface area (Å²) >= 11 is 0. The Labute approximate surface area is 176 Å². The number of hydrogen-bond donors (Lipinski definition) is 0. The lowest BCUT2D eigenvalue weighted by Gasteiger charge is -2.35. The van der Waals surface area contributed by atoms with Crippen LogP contribution in [0.5, 0.6) is 0 Å². The molecule has 3 saturated heterocycles. The van der Waals surface area contributed by atoms with Crippen molar-refractivity contribution in [3.8, 4) is 0 Å². The minimum Gasteiger partial charge on any atom is -0.360 e. The molecule has 4 aliphatic heterocycles. The zero-order valence-corrected chi connectivity index (χ0v) is 17.6. The quantitative estimate of drug-likeness (QED) is 0.695. The van der Waals surface area contributed by atoms with Crippen LogP contribution in [0, 0.1) is 25.7 Å². The van der Waals surface area contributed by atoms with Gasteiger partial charge in [0.05, 0.1) is 31.0 Å². The molecule has 0 unspecified atom stereocenters. The van der Waals surface area contributed by atoms with E-state index in [2.05, 4.69) is 26.0 Å². The number of ether oxygens (including phenoxy) is 1. The van der Waals surface area contributed by atoms with Gasteiger partial charge in [0.1, 0.15) is 5.60 Å². The molecule has 7 nitrogen and oxygen atoms in total. The molecule has 3 amide bonds. The third-order valence-corrected chi connectivity index (χ3v) is 7.18. The van der Waals surface area contributed by atoms with Crippen molar-refractivity contribution in [1.82, 2.24) is 14.7 Å². The molecule has 0 saturated carbocycles. The first-order valence-corrected chi connectivity index (χ1v) is 10.5. The van der Waals surface area contributed by atoms with Crippen LogP contribution in [0.15, 0.2) is 30.4 Å². The predicted molar refractivity (Wildman–Crippen MR) is 109 cm³/mol. The molecule has 1 aromatic rings. The Balaban J connectivity index is 1.38. The number of carbonyl (C=O) groups excluding carboxylic acids is 3. The second-order valence-electron chi connectivity index (χ2n) is 9.09. The van der Waals surface area contributed by atoms with Gasteiger partial charge in [-0.3, -0.25) is 14.4 Å². The fourth-order valence-electron chi connectivity index (χ4n) is 5.27. The van der Waals surface area contributed by atoms with Crippen LogP contribution in [0.4, 0.5) is 0 Å². The Morgan fingerprint density at radius 1 is 1.20 bits per heavy atom. The van der Waals surface area contributed by atoms with Crippen molar-refractivity contribution in [2.24, 2.45) is 11.8 Å². The summed E-state index contributed by atoms with van der Waals surface area (Å²) in [4.78, 5) is 43.9. The Bertz CT molecular complexity index is 973. The van der Waals surface area contributed by atoms with Crippen molar-refractivity contribution in [2.75, 3.05) is 33.2 Å². The number of hydrogen-bond acceptors (Lipinski definition) is 4. The lowest BCUT2D eigenvalue weighted by atomic mass is 9.76. The second kappa shape index (κ2) is 6.67. The highest BCUT2D eigenvalue weighted by Gasteiger charge is 2.67. The Hall–Kier alpha value is -2.67. The van der Waals surface area contributed by atoms with Gasteiger partial charge in [-0.05, 0) is 30.5 Å². The van der Waals surface area contributed by atoms with Gasteiger partial charge in [0.15, 0.2) is 0 Å². The molecular weight excluding hydrogens is 382 g/mol. The summed E-state index contributed by atoms with van der Waals surface area (Å²) in [6, 6.07) is 6.23. The molecule has 1 spiro atoms. The molecule has 5 rings (SSSR count). The Kier molecular flexibility index (Phi) is 4.29. The number of piperazine rings is 1. The number of amides is 3. The number of benzene rings is 1. The maximum Gasteiger partial charge on any atom is 0.241 e. The third-order valence-electron chi connectivity index (χ3n) is 7.18. The van der Waals surface area contributed by atoms with Gasteiger partial charge in [-0.15, -0.1) is 0 Å². The van der Waals surface area contributed by atoms with Gasteiger partial charge in [-0.1, -0.05) is 30.4 Å². The summed E-state index contributed by atoms with van der Waals surface area (Å²) in [7, 11) is 1.74. The summed E-state index contributed by atoms with van der Waals surface area (Å²) in [5.41, 5.74) is 2.77. The molecule has 0 aliphatic carbocycles. The van der Waals surface area contributed by atoms with E-state index in [-0.39, 0.29) is 30.4 Å². The van der Waals surface area contributed by atoms with Crippen LogP contribution < -0.4 is 0 Å². The van der Waals surface area contributed by atoms with E-state index in [4.69, 9.17) is 4.74 Å². The minimum absolute atomic E-state index is 0.0288. The maximum absolute atomic E-state index is 13.4. The first kappa shape index (κ1) is 19.3. The van der Waals surface area contributed by atoms with E-state index in [1.165, 1.54) is 11.1 Å². The number of likely N-dealkylation sites (tertiary alicyclic amines) is 1. The highest BCUT2D eigenvalue weighted by atomic mass is 16.5. The van der Waals surface area contributed by atoms with Gasteiger partial charge in [-0.25, -0.2) is 0 Å². The number of fused-ring (bicyclic) bond motifs is 1. The Morgan fingerprint density at radius 3 is 2.73 bits per heavy atom. The van der Waals surface area contributed by atoms with Crippen LogP contribution in [-0.2, 0) is 25.7 Å². The number of aryl methyl sites for hydroxylation is 2. The molecular formula is C23H27N3O4. The summed E-state index contributed by atoms with van der Waals surface area (Å²) in [6.07, 6.45) is 3.51. The van der Waals surface area contributed by atoms with Crippen LogP contribution in [0.25, 0.3) is 0 Å². The van der Waals surface area contributed by atoms with Crippen LogP contribution in [0.1, 0.15) is 16.7 Å². The smallest absolute Gasteiger partial charge is 0.241 e. The van der Waals surface area contributed by atoms with Gasteiger partial charge < -0.3 is 19.4 Å². The van der Waals surface area contributed by atoms with Gasteiger partial charge in [0.2, 0.25) is 17.7 Å². The monoisotopic (exact) mass is 409 g/mol. The van der Waals surface area contributed by atoms with Gasteiger partial charge in [-0.2, -0.15) is 0 Å². The fourth-order valence-corrected chi connectivity index (χ4v) is 5.27. The summed E-state index contributed by atoms with van der Waals surface area (Å²) in [5, 5.41) is 0. The first-order valence-electron chi connectivity index (χ1n) is 10.5. The van der Waals surface area contributed by atoms with Crippen molar-refractivity contribution >= 4 is 17.7 Å². The molecule has 4 heterocycles. The van der Waals surface area contributed by atoms with E-state index in [1.807, 2.05) is 23.1 Å². The number of rotatable bonds is 3. The van der Waals surface area contributed by atoms with Crippen molar-refractivity contribution in [1.29, 1.82) is 0 Å². The average molecular weight is 409 g/mol. The van der Waals surface area contributed by atoms with Crippen LogP contribution in [0.2, 0.25) is 0 Å². The molecule has 1 aromatic carbocycles. The molecule has 3 fully saturated rings. The van der Waals surface area contributed by atoms with Crippen molar-refractivity contribution in [3.05, 3.63) is 47.0 Å². The van der Waals surface area contributed by atoms with Gasteiger partial charge >= 0.3 is 0 Å². The maximum atomic E-state index is 13.4. The average Bonchev–Trinajstić information content (AvgIpc) is 3.35. The predicted octanol–water partition coefficient (Wildman–Crippen LogP) is 0.886. The van der Waals surface area contributed by atoms with E-state index in [9.17, 15) is 14.4 Å². The molecule has 2 bridgehead atoms. The van der Waals surface area contributed by atoms with Crippen molar-refractivity contribution in [3.63, 3.8) is 0 Å². The third kappa shape index (κ3) is 2.79. The zero-order valence-electron chi connectivity index (χ0n) is 17.6. The van der Waals surface area contributed by atoms with Crippen molar-refractivity contribution < 1.29 is 19.1 Å². The van der Waals surface area contributed by atoms with Crippen LogP contribution >= 0.6 is 0 Å². The topological polar surface area (TPSA) is 70.2 Å². The van der Waals surface area contributed by atoms with Gasteiger partial charge in [0.25, 0.3) is 0 Å². The Morgan fingerprint density at radius 2 is 2.00 bits per heavy atom. The van der Waals surface area contributed by atoms with E-state index < -0.39 is 17.4 Å². The molecule has 0 N–H and O–H groups in total. The normalized spacial score (nSPS) is 32.4. The van der Waals surface area contributed by atoms with Gasteiger partial charge in [0, 0.05) is 26.7 Å². The molecule has 4 atom stereocenters. The summed E-state index contributed by atoms with van der Waals surface area (Å²) < 4.78 is 6.22. The van der Waals surface area contributed by atoms with E-state index in [0.717, 1.165) is 5.56 Å². The molecule has 158 valence electrons. The molecule has 7 heteroatoms. The van der Waals surface area contributed by atoms with E-state index in [0.29, 0.717) is 26.2 Å². The molecule has 0 aromatic heterocycles. The standard InChI is InChI=1S/C23H27N3O4/c1-14-4-5-16(10-15(14)2)11-26-13-23-7-6-17(30-23)19(20(23)22(26)29)21(28)25-9-8-24(3)18(27)12-25/h4-7,10,17,19-20H,8-9,11-13H2,1-3H3/t17-,19+,20-,23-/m0/s1. The minimum atomic E-state index is -0.724. The van der Waals surface area contributed by atoms with Crippen molar-refractivity contribution in [2.45, 2.75) is 32.1 Å². The summed E-state index contributed by atoms with van der Waals surface area (Å²) in [5.74, 6) is -1.30. The highest BCUT2D eigenvalue weighted by Crippen LogP contribution is 2.52. The SMILES string of the molecule is Cc1ccc(CN2C[C@]34C=C[C@H](O3)[C@@H](C(=O)N3CCN(C)C(=O)C3)[C@H]4C2=O)cc1C. The molecule has 30 heavy (non-hydrogen) atoms. The summed E-state index contributed by atoms with van der Waals surface area (Å²) in [6.45, 7) is 6.19. The van der Waals surface area contributed by atoms with E-state index in [1.54, 1.807) is 16.8 Å². The molecule has 4 aliphatic rings. The number of nitrogens with zero attached hydrogens (tertiary/aromatic N) is 3. The number of carbonyl (C=O) groups is 3. The lowest BCUT2D eigenvalue weighted by Crippen LogP contribution is -2.54. The molecule has 0 radical (unpaired) electrons. The largest absolute Gasteiger partial charge is 0.360 e.